The highest BCUT2D eigenvalue weighted by Crippen LogP contribution is 1.92. The van der Waals surface area contributed by atoms with Crippen molar-refractivity contribution in [3.05, 3.63) is 0 Å². The van der Waals surface area contributed by atoms with E-state index < -0.39 is 6.09 Å². The summed E-state index contributed by atoms with van der Waals surface area (Å²) in [6.07, 6.45) is -0.417. The molecule has 1 fully saturated rings. The zero-order valence-electron chi connectivity index (χ0n) is 8.28. The molecule has 6 nitrogen and oxygen atoms in total. The van der Waals surface area contributed by atoms with Crippen LogP contribution in [0.1, 0.15) is 6.42 Å². The Morgan fingerprint density at radius 2 is 1.93 bits per heavy atom. The Kier molecular flexibility index (Phi) is 8.20. The van der Waals surface area contributed by atoms with Gasteiger partial charge in [0.05, 0.1) is 0 Å². The molecule has 0 aliphatic carbocycles. The number of primary amides is 1. The zero-order valence-corrected chi connectivity index (χ0v) is 8.28. The average molecular weight is 205 g/mol. The summed E-state index contributed by atoms with van der Waals surface area (Å²) in [7, 11) is 0. The molecule has 0 unspecified atom stereocenters. The molecule has 1 saturated heterocycles. The quantitative estimate of drug-likeness (QED) is 0.468. The van der Waals surface area contributed by atoms with Gasteiger partial charge in [-0.05, 0) is 6.42 Å². The van der Waals surface area contributed by atoms with E-state index in [0.29, 0.717) is 6.61 Å². The van der Waals surface area contributed by atoms with Crippen LogP contribution in [0.15, 0.2) is 0 Å². The van der Waals surface area contributed by atoms with Crippen LogP contribution in [0.5, 0.6) is 0 Å². The van der Waals surface area contributed by atoms with Crippen molar-refractivity contribution in [1.29, 1.82) is 0 Å². The molecule has 5 N–H and O–H groups in total. The number of rotatable bonds is 3. The lowest BCUT2D eigenvalue weighted by Crippen LogP contribution is -2.43. The first-order valence-corrected chi connectivity index (χ1v) is 4.69. The van der Waals surface area contributed by atoms with Crippen LogP contribution in [0.2, 0.25) is 0 Å². The van der Waals surface area contributed by atoms with Gasteiger partial charge in [0.2, 0.25) is 0 Å². The largest absolute Gasteiger partial charge is 0.465 e. The molecule has 0 aromatic heterocycles. The van der Waals surface area contributed by atoms with Crippen LogP contribution in [0.25, 0.3) is 0 Å². The van der Waals surface area contributed by atoms with E-state index in [1.807, 2.05) is 0 Å². The lowest BCUT2D eigenvalue weighted by atomic mass is 10.3. The lowest BCUT2D eigenvalue weighted by Gasteiger charge is -2.26. The molecule has 1 aliphatic heterocycles. The number of carbonyl (C=O) groups is 1. The molecule has 1 aliphatic rings. The summed E-state index contributed by atoms with van der Waals surface area (Å²) in [6.45, 7) is 5.86. The minimum absolute atomic E-state index is 0.323. The van der Waals surface area contributed by atoms with E-state index in [9.17, 15) is 0 Å². The van der Waals surface area contributed by atoms with Crippen LogP contribution >= 0.6 is 0 Å². The van der Waals surface area contributed by atoms with Crippen LogP contribution < -0.4 is 11.1 Å². The fraction of sp³-hybridized carbons (Fsp3) is 0.875. The fourth-order valence-corrected chi connectivity index (χ4v) is 1.23. The maximum atomic E-state index is 8.78. The van der Waals surface area contributed by atoms with Crippen LogP contribution in [0.4, 0.5) is 4.79 Å². The standard InChI is InChI=1S/C7H16N2O.CH3NO2/c10-7-1-4-9-5-2-8-3-6-9;2-1(3)4/h8,10H,1-7H2;2H2,(H,3,4). The second kappa shape index (κ2) is 8.74. The summed E-state index contributed by atoms with van der Waals surface area (Å²) in [5.74, 6) is 0. The Bertz CT molecular complexity index is 145. The molecule has 1 amide bonds. The van der Waals surface area contributed by atoms with Gasteiger partial charge in [-0.3, -0.25) is 0 Å². The molecule has 0 radical (unpaired) electrons. The molecule has 1 rings (SSSR count). The molecule has 0 saturated carbocycles. The highest BCUT2D eigenvalue weighted by Gasteiger charge is 2.07. The van der Waals surface area contributed by atoms with Gasteiger partial charge in [0.1, 0.15) is 0 Å². The number of amides is 1. The van der Waals surface area contributed by atoms with Gasteiger partial charge in [-0.1, -0.05) is 0 Å². The Hall–Kier alpha value is -0.850. The molecule has 84 valence electrons. The number of aliphatic hydroxyl groups excluding tert-OH is 1. The summed E-state index contributed by atoms with van der Waals surface area (Å²) >= 11 is 0. The van der Waals surface area contributed by atoms with E-state index >= 15 is 0 Å². The summed E-state index contributed by atoms with van der Waals surface area (Å²) < 4.78 is 0. The number of piperazine rings is 1. The first-order chi connectivity index (χ1) is 6.66. The Labute approximate surface area is 83.7 Å². The van der Waals surface area contributed by atoms with Crippen LogP contribution in [0, 0.1) is 0 Å². The molecule has 0 bridgehead atoms. The van der Waals surface area contributed by atoms with E-state index in [-0.39, 0.29) is 0 Å². The van der Waals surface area contributed by atoms with E-state index in [2.05, 4.69) is 16.0 Å². The predicted octanol–water partition coefficient (Wildman–Crippen LogP) is -1.10. The summed E-state index contributed by atoms with van der Waals surface area (Å²) in [5.41, 5.74) is 4.03. The smallest absolute Gasteiger partial charge is 0.402 e. The van der Waals surface area contributed by atoms with Crippen molar-refractivity contribution in [2.24, 2.45) is 5.73 Å². The number of hydrogen-bond donors (Lipinski definition) is 4. The van der Waals surface area contributed by atoms with E-state index in [1.54, 1.807) is 0 Å². The van der Waals surface area contributed by atoms with Crippen LogP contribution in [0.3, 0.4) is 0 Å². The minimum Gasteiger partial charge on any atom is -0.465 e. The van der Waals surface area contributed by atoms with E-state index in [1.165, 1.54) is 0 Å². The summed E-state index contributed by atoms with van der Waals surface area (Å²) in [6, 6.07) is 0. The van der Waals surface area contributed by atoms with E-state index in [4.69, 9.17) is 15.0 Å². The number of carboxylic acid groups (broad SMARTS) is 1. The predicted molar refractivity (Wildman–Crippen MR) is 53.2 cm³/mol. The molecule has 0 atom stereocenters. The first-order valence-electron chi connectivity index (χ1n) is 4.69. The molecule has 1 heterocycles. The van der Waals surface area contributed by atoms with Crippen LogP contribution in [-0.4, -0.2) is 60.5 Å². The highest BCUT2D eigenvalue weighted by atomic mass is 16.4. The van der Waals surface area contributed by atoms with Gasteiger partial charge in [-0.2, -0.15) is 0 Å². The van der Waals surface area contributed by atoms with Crippen molar-refractivity contribution in [1.82, 2.24) is 10.2 Å². The van der Waals surface area contributed by atoms with Gasteiger partial charge in [0.25, 0.3) is 0 Å². The molecule has 0 aromatic rings. The SMILES string of the molecule is NC(=O)O.OCCCN1CCNCC1. The summed E-state index contributed by atoms with van der Waals surface area (Å²) in [4.78, 5) is 11.2. The van der Waals surface area contributed by atoms with Gasteiger partial charge < -0.3 is 26.2 Å². The number of nitrogens with two attached hydrogens (primary N) is 1. The Morgan fingerprint density at radius 3 is 2.36 bits per heavy atom. The number of nitrogens with one attached hydrogen (secondary N) is 1. The number of aliphatic hydroxyl groups is 1. The van der Waals surface area contributed by atoms with E-state index in [0.717, 1.165) is 39.1 Å². The molecular weight excluding hydrogens is 186 g/mol. The van der Waals surface area contributed by atoms with Crippen LogP contribution in [-0.2, 0) is 0 Å². The second-order valence-corrected chi connectivity index (χ2v) is 3.01. The van der Waals surface area contributed by atoms with Gasteiger partial charge in [0.15, 0.2) is 0 Å². The normalized spacial score (nSPS) is 16.9. The topological polar surface area (TPSA) is 98.8 Å². The Morgan fingerprint density at radius 1 is 1.43 bits per heavy atom. The van der Waals surface area contributed by atoms with Crippen molar-refractivity contribution in [3.8, 4) is 0 Å². The molecular formula is C8H19N3O3. The van der Waals surface area contributed by atoms with Crippen molar-refractivity contribution in [2.75, 3.05) is 39.3 Å². The van der Waals surface area contributed by atoms with Crippen molar-refractivity contribution in [3.63, 3.8) is 0 Å². The number of nitrogens with zero attached hydrogens (tertiary/aromatic N) is 1. The first kappa shape index (κ1) is 13.2. The fourth-order valence-electron chi connectivity index (χ4n) is 1.23. The minimum atomic E-state index is -1.33. The molecule has 0 aromatic carbocycles. The third-order valence-corrected chi connectivity index (χ3v) is 1.84. The monoisotopic (exact) mass is 205 g/mol. The second-order valence-electron chi connectivity index (χ2n) is 3.01. The molecule has 0 spiro atoms. The average Bonchev–Trinajstić information content (AvgIpc) is 2.15. The third-order valence-electron chi connectivity index (χ3n) is 1.84. The van der Waals surface area contributed by atoms with Gasteiger partial charge >= 0.3 is 6.09 Å². The van der Waals surface area contributed by atoms with Crippen molar-refractivity contribution in [2.45, 2.75) is 6.42 Å². The number of hydrogen-bond acceptors (Lipinski definition) is 4. The maximum absolute atomic E-state index is 8.78. The third kappa shape index (κ3) is 9.24. The van der Waals surface area contributed by atoms with Gasteiger partial charge in [-0.15, -0.1) is 0 Å². The van der Waals surface area contributed by atoms with Crippen molar-refractivity contribution < 1.29 is 15.0 Å². The molecule has 6 heteroatoms. The zero-order chi connectivity index (χ0) is 10.8. The highest BCUT2D eigenvalue weighted by molar-refractivity contribution is 5.61. The lowest BCUT2D eigenvalue weighted by molar-refractivity contribution is 0.205. The van der Waals surface area contributed by atoms with Crippen molar-refractivity contribution >= 4 is 6.09 Å². The summed E-state index contributed by atoms with van der Waals surface area (Å²) in [5, 5.41) is 19.0. The maximum Gasteiger partial charge on any atom is 0.402 e. The van der Waals surface area contributed by atoms with Gasteiger partial charge in [0, 0.05) is 39.3 Å². The van der Waals surface area contributed by atoms with Gasteiger partial charge in [-0.25, -0.2) is 4.79 Å². The molecule has 14 heavy (non-hydrogen) atoms. The Balaban J connectivity index is 0.000000364.